The molecular weight excluding hydrogens is 285 g/mol. The maximum atomic E-state index is 12.2. The van der Waals surface area contributed by atoms with Crippen LogP contribution in [0.3, 0.4) is 0 Å². The molecule has 6 heteroatoms. The fourth-order valence-electron chi connectivity index (χ4n) is 1.70. The van der Waals surface area contributed by atoms with Crippen LogP contribution in [0.5, 0.6) is 11.5 Å². The molecule has 1 aromatic carbocycles. The third-order valence-corrected chi connectivity index (χ3v) is 2.86. The highest BCUT2D eigenvalue weighted by Crippen LogP contribution is 2.34. The summed E-state index contributed by atoms with van der Waals surface area (Å²) in [5, 5.41) is 3.79. The van der Waals surface area contributed by atoms with E-state index in [2.05, 4.69) is 5.32 Å². The van der Waals surface area contributed by atoms with E-state index in [1.54, 1.807) is 20.3 Å². The van der Waals surface area contributed by atoms with E-state index >= 15 is 0 Å². The van der Waals surface area contributed by atoms with Gasteiger partial charge in [-0.1, -0.05) is 11.6 Å². The molecule has 0 aliphatic carbocycles. The first-order valence-corrected chi connectivity index (χ1v) is 6.85. The second-order valence-corrected chi connectivity index (χ2v) is 4.59. The summed E-state index contributed by atoms with van der Waals surface area (Å²) in [5.74, 6) is 1.16. The standard InChI is InChI=1S/C14H21ClFNO3/c1-18-7-5-17-10-11-8-12(15)9-13(19-2)14(11)20-6-3-4-16/h8-9,17H,3-7,10H2,1-2H3. The number of hydrogen-bond donors (Lipinski definition) is 1. The van der Waals surface area contributed by atoms with Crippen LogP contribution in [-0.2, 0) is 11.3 Å². The van der Waals surface area contributed by atoms with Gasteiger partial charge in [-0.3, -0.25) is 4.39 Å². The van der Waals surface area contributed by atoms with Gasteiger partial charge in [-0.25, -0.2) is 0 Å². The van der Waals surface area contributed by atoms with E-state index < -0.39 is 6.67 Å². The summed E-state index contributed by atoms with van der Waals surface area (Å²) in [4.78, 5) is 0. The van der Waals surface area contributed by atoms with Gasteiger partial charge in [0.2, 0.25) is 0 Å². The number of methoxy groups -OCH3 is 2. The molecule has 1 aromatic rings. The van der Waals surface area contributed by atoms with Gasteiger partial charge in [-0.2, -0.15) is 0 Å². The lowest BCUT2D eigenvalue weighted by atomic mass is 10.2. The molecular formula is C14H21ClFNO3. The summed E-state index contributed by atoms with van der Waals surface area (Å²) < 4.78 is 28.0. The van der Waals surface area contributed by atoms with Gasteiger partial charge in [0.25, 0.3) is 0 Å². The highest BCUT2D eigenvalue weighted by molar-refractivity contribution is 6.30. The van der Waals surface area contributed by atoms with E-state index in [4.69, 9.17) is 25.8 Å². The highest BCUT2D eigenvalue weighted by atomic mass is 35.5. The summed E-state index contributed by atoms with van der Waals surface area (Å²) in [7, 11) is 3.20. The van der Waals surface area contributed by atoms with Gasteiger partial charge < -0.3 is 19.5 Å². The van der Waals surface area contributed by atoms with Crippen LogP contribution in [0.1, 0.15) is 12.0 Å². The first-order chi connectivity index (χ1) is 9.72. The average Bonchev–Trinajstić information content (AvgIpc) is 2.45. The highest BCUT2D eigenvalue weighted by Gasteiger charge is 2.12. The van der Waals surface area contributed by atoms with Crippen LogP contribution in [0, 0.1) is 0 Å². The number of hydrogen-bond acceptors (Lipinski definition) is 4. The van der Waals surface area contributed by atoms with Crippen molar-refractivity contribution in [3.8, 4) is 11.5 Å². The van der Waals surface area contributed by atoms with Crippen LogP contribution in [0.4, 0.5) is 4.39 Å². The van der Waals surface area contributed by atoms with Crippen LogP contribution in [-0.4, -0.2) is 40.7 Å². The predicted octanol–water partition coefficient (Wildman–Crippen LogP) is 2.82. The quantitative estimate of drug-likeness (QED) is 0.675. The molecule has 4 nitrogen and oxygen atoms in total. The predicted molar refractivity (Wildman–Crippen MR) is 77.7 cm³/mol. The molecule has 0 fully saturated rings. The number of nitrogens with one attached hydrogen (secondary N) is 1. The lowest BCUT2D eigenvalue weighted by Crippen LogP contribution is -2.19. The second-order valence-electron chi connectivity index (χ2n) is 4.16. The Hall–Kier alpha value is -1.04. The molecule has 0 bridgehead atoms. The van der Waals surface area contributed by atoms with Crippen molar-refractivity contribution < 1.29 is 18.6 Å². The van der Waals surface area contributed by atoms with Gasteiger partial charge in [0, 0.05) is 43.3 Å². The van der Waals surface area contributed by atoms with Gasteiger partial charge in [-0.05, 0) is 6.07 Å². The second kappa shape index (κ2) is 9.80. The van der Waals surface area contributed by atoms with Crippen LogP contribution >= 0.6 is 11.6 Å². The minimum Gasteiger partial charge on any atom is -0.493 e. The summed E-state index contributed by atoms with van der Waals surface area (Å²) in [5.41, 5.74) is 0.879. The Balaban J connectivity index is 2.79. The lowest BCUT2D eigenvalue weighted by molar-refractivity contribution is 0.199. The topological polar surface area (TPSA) is 39.7 Å². The minimum atomic E-state index is -0.405. The van der Waals surface area contributed by atoms with Crippen molar-refractivity contribution in [2.45, 2.75) is 13.0 Å². The Kier molecular flexibility index (Phi) is 8.34. The molecule has 1 rings (SSSR count). The molecule has 0 atom stereocenters. The van der Waals surface area contributed by atoms with Crippen molar-refractivity contribution in [2.75, 3.05) is 40.7 Å². The third-order valence-electron chi connectivity index (χ3n) is 2.64. The zero-order valence-electron chi connectivity index (χ0n) is 11.9. The molecule has 1 N–H and O–H groups in total. The first kappa shape index (κ1) is 17.0. The van der Waals surface area contributed by atoms with Gasteiger partial charge in [0.1, 0.15) is 0 Å². The summed E-state index contributed by atoms with van der Waals surface area (Å²) in [6.45, 7) is 1.81. The summed E-state index contributed by atoms with van der Waals surface area (Å²) in [6, 6.07) is 3.50. The monoisotopic (exact) mass is 305 g/mol. The van der Waals surface area contributed by atoms with Crippen molar-refractivity contribution in [3.63, 3.8) is 0 Å². The van der Waals surface area contributed by atoms with Crippen LogP contribution in [0.25, 0.3) is 0 Å². The Morgan fingerprint density at radius 2 is 2.05 bits per heavy atom. The first-order valence-electron chi connectivity index (χ1n) is 6.47. The smallest absolute Gasteiger partial charge is 0.165 e. The fraction of sp³-hybridized carbons (Fsp3) is 0.571. The van der Waals surface area contributed by atoms with E-state index in [0.29, 0.717) is 42.7 Å². The molecule has 0 spiro atoms. The van der Waals surface area contributed by atoms with E-state index in [-0.39, 0.29) is 0 Å². The zero-order chi connectivity index (χ0) is 14.8. The molecule has 0 aromatic heterocycles. The van der Waals surface area contributed by atoms with Crippen molar-refractivity contribution in [2.24, 2.45) is 0 Å². The van der Waals surface area contributed by atoms with Gasteiger partial charge >= 0.3 is 0 Å². The number of alkyl halides is 1. The Morgan fingerprint density at radius 3 is 2.70 bits per heavy atom. The molecule has 0 radical (unpaired) electrons. The minimum absolute atomic E-state index is 0.305. The molecule has 114 valence electrons. The molecule has 0 saturated heterocycles. The van der Waals surface area contributed by atoms with Crippen molar-refractivity contribution >= 4 is 11.6 Å². The molecule has 0 aliphatic heterocycles. The van der Waals surface area contributed by atoms with Crippen LogP contribution < -0.4 is 14.8 Å². The van der Waals surface area contributed by atoms with Crippen molar-refractivity contribution in [3.05, 3.63) is 22.7 Å². The Morgan fingerprint density at radius 1 is 1.25 bits per heavy atom. The van der Waals surface area contributed by atoms with E-state index in [1.807, 2.05) is 6.07 Å². The summed E-state index contributed by atoms with van der Waals surface area (Å²) in [6.07, 6.45) is 0.350. The Bertz CT molecular complexity index is 404. The lowest BCUT2D eigenvalue weighted by Gasteiger charge is -2.16. The van der Waals surface area contributed by atoms with Gasteiger partial charge in [0.15, 0.2) is 11.5 Å². The Labute approximate surface area is 124 Å². The molecule has 0 amide bonds. The fourth-order valence-corrected chi connectivity index (χ4v) is 1.93. The van der Waals surface area contributed by atoms with Gasteiger partial charge in [0.05, 0.1) is 27.0 Å². The largest absolute Gasteiger partial charge is 0.493 e. The van der Waals surface area contributed by atoms with E-state index in [0.717, 1.165) is 12.1 Å². The third kappa shape index (κ3) is 5.53. The average molecular weight is 306 g/mol. The molecule has 20 heavy (non-hydrogen) atoms. The van der Waals surface area contributed by atoms with Crippen molar-refractivity contribution in [1.29, 1.82) is 0 Å². The van der Waals surface area contributed by atoms with E-state index in [1.165, 1.54) is 0 Å². The number of benzene rings is 1. The van der Waals surface area contributed by atoms with Crippen LogP contribution in [0.2, 0.25) is 5.02 Å². The maximum Gasteiger partial charge on any atom is 0.165 e. The summed E-state index contributed by atoms with van der Waals surface area (Å²) >= 11 is 6.05. The van der Waals surface area contributed by atoms with E-state index in [9.17, 15) is 4.39 Å². The maximum absolute atomic E-state index is 12.2. The van der Waals surface area contributed by atoms with Crippen molar-refractivity contribution in [1.82, 2.24) is 5.32 Å². The SMILES string of the molecule is COCCNCc1cc(Cl)cc(OC)c1OCCCF. The van der Waals surface area contributed by atoms with Crippen LogP contribution in [0.15, 0.2) is 12.1 Å². The molecule has 0 aliphatic rings. The number of ether oxygens (including phenoxy) is 3. The normalized spacial score (nSPS) is 10.6. The molecule has 0 heterocycles. The molecule has 0 saturated carbocycles. The number of rotatable bonds is 10. The molecule has 0 unspecified atom stereocenters. The number of halogens is 2. The zero-order valence-corrected chi connectivity index (χ0v) is 12.6. The van der Waals surface area contributed by atoms with Gasteiger partial charge in [-0.15, -0.1) is 0 Å².